The van der Waals surface area contributed by atoms with Crippen molar-refractivity contribution in [3.63, 3.8) is 0 Å². The van der Waals surface area contributed by atoms with Crippen LogP contribution in [-0.4, -0.2) is 98.2 Å². The van der Waals surface area contributed by atoms with E-state index in [4.69, 9.17) is 15.2 Å². The Bertz CT molecular complexity index is 1290. The number of aromatic nitrogens is 4. The molecule has 0 saturated carbocycles. The molecule has 2 aromatic heterocycles. The lowest BCUT2D eigenvalue weighted by molar-refractivity contribution is -0.0421. The van der Waals surface area contributed by atoms with Gasteiger partial charge in [-0.1, -0.05) is 13.3 Å². The summed E-state index contributed by atoms with van der Waals surface area (Å²) in [4.78, 5) is 38.4. The Hall–Kier alpha value is -3.85. The van der Waals surface area contributed by atoms with E-state index in [2.05, 4.69) is 25.6 Å². The van der Waals surface area contributed by atoms with E-state index in [1.54, 1.807) is 24.3 Å². The number of amides is 2. The molecule has 216 valence electrons. The van der Waals surface area contributed by atoms with Crippen molar-refractivity contribution >= 4 is 34.7 Å². The number of aliphatic hydroxyl groups excluding tert-OH is 2. The van der Waals surface area contributed by atoms with Crippen molar-refractivity contribution in [1.29, 1.82) is 0 Å². The highest BCUT2D eigenvalue weighted by Gasteiger charge is 2.44. The average Bonchev–Trinajstić information content (AvgIpc) is 3.49. The number of rotatable bonds is 12. The van der Waals surface area contributed by atoms with Gasteiger partial charge in [0.05, 0.1) is 18.5 Å². The van der Waals surface area contributed by atoms with Gasteiger partial charge >= 0.3 is 12.0 Å². The number of carbonyl (C=O) groups is 2. The predicted molar refractivity (Wildman–Crippen MR) is 146 cm³/mol. The van der Waals surface area contributed by atoms with Crippen molar-refractivity contribution in [2.45, 2.75) is 50.7 Å². The minimum absolute atomic E-state index is 0.216. The third-order valence-electron chi connectivity index (χ3n) is 6.60. The van der Waals surface area contributed by atoms with E-state index in [1.807, 2.05) is 18.9 Å². The summed E-state index contributed by atoms with van der Waals surface area (Å²) < 4.78 is 12.7. The first kappa shape index (κ1) is 29.1. The van der Waals surface area contributed by atoms with Gasteiger partial charge in [-0.3, -0.25) is 4.57 Å². The van der Waals surface area contributed by atoms with Crippen LogP contribution in [0.5, 0.6) is 0 Å². The SMILES string of the molecule is CCCCOC(=O)c1ccc(NC(=O)NCCCN(C)CC2O[C@@H](n3cnc4c(N)ncnc43)[C@H](O)[C@@H]2O)cc1. The number of nitrogens with two attached hydrogens (primary N) is 1. The number of anilines is 2. The van der Waals surface area contributed by atoms with Crippen LogP contribution < -0.4 is 16.4 Å². The maximum absolute atomic E-state index is 12.2. The molecule has 14 nitrogen and oxygen atoms in total. The maximum Gasteiger partial charge on any atom is 0.338 e. The normalized spacial score (nSPS) is 20.6. The van der Waals surface area contributed by atoms with E-state index in [-0.39, 0.29) is 17.8 Å². The highest BCUT2D eigenvalue weighted by atomic mass is 16.6. The van der Waals surface area contributed by atoms with Gasteiger partial charge in [0.15, 0.2) is 17.7 Å². The van der Waals surface area contributed by atoms with Gasteiger partial charge in [0, 0.05) is 18.8 Å². The number of ether oxygens (including phenoxy) is 2. The Balaban J connectivity index is 1.17. The number of hydrogen-bond donors (Lipinski definition) is 5. The second kappa shape index (κ2) is 13.5. The molecule has 0 radical (unpaired) electrons. The minimum Gasteiger partial charge on any atom is -0.462 e. The van der Waals surface area contributed by atoms with Gasteiger partial charge in [-0.15, -0.1) is 0 Å². The molecule has 1 unspecified atom stereocenters. The summed E-state index contributed by atoms with van der Waals surface area (Å²) in [6.07, 6.45) is 1.34. The summed E-state index contributed by atoms with van der Waals surface area (Å²) >= 11 is 0. The molecule has 1 aromatic carbocycles. The Morgan fingerprint density at radius 1 is 1.15 bits per heavy atom. The highest BCUT2D eigenvalue weighted by molar-refractivity contribution is 5.92. The fourth-order valence-corrected chi connectivity index (χ4v) is 4.37. The van der Waals surface area contributed by atoms with E-state index < -0.39 is 24.5 Å². The van der Waals surface area contributed by atoms with E-state index >= 15 is 0 Å². The quantitative estimate of drug-likeness (QED) is 0.159. The zero-order chi connectivity index (χ0) is 28.6. The number of nitrogens with zero attached hydrogens (tertiary/aromatic N) is 5. The van der Waals surface area contributed by atoms with Crippen LogP contribution in [-0.2, 0) is 9.47 Å². The number of fused-ring (bicyclic) bond motifs is 1. The second-order valence-electron chi connectivity index (χ2n) is 9.69. The molecule has 1 aliphatic heterocycles. The maximum atomic E-state index is 12.2. The number of likely N-dealkylation sites (N-methyl/N-ethyl adjacent to an activating group) is 1. The molecule has 40 heavy (non-hydrogen) atoms. The van der Waals surface area contributed by atoms with Gasteiger partial charge < -0.3 is 41.0 Å². The lowest BCUT2D eigenvalue weighted by Gasteiger charge is -2.22. The summed E-state index contributed by atoms with van der Waals surface area (Å²) in [6, 6.07) is 6.15. The zero-order valence-electron chi connectivity index (χ0n) is 22.6. The third-order valence-corrected chi connectivity index (χ3v) is 6.60. The van der Waals surface area contributed by atoms with Crippen LogP contribution >= 0.6 is 0 Å². The smallest absolute Gasteiger partial charge is 0.338 e. The van der Waals surface area contributed by atoms with Crippen molar-refractivity contribution in [3.8, 4) is 0 Å². The summed E-state index contributed by atoms with van der Waals surface area (Å²) in [7, 11) is 1.87. The van der Waals surface area contributed by atoms with Crippen LogP contribution in [0.25, 0.3) is 11.2 Å². The van der Waals surface area contributed by atoms with Crippen molar-refractivity contribution < 1.29 is 29.3 Å². The number of urea groups is 1. The van der Waals surface area contributed by atoms with Crippen molar-refractivity contribution in [2.75, 3.05) is 44.3 Å². The van der Waals surface area contributed by atoms with Crippen LogP contribution in [0.15, 0.2) is 36.9 Å². The van der Waals surface area contributed by atoms with E-state index in [0.29, 0.717) is 55.1 Å². The molecule has 14 heteroatoms. The number of carbonyl (C=O) groups excluding carboxylic acids is 2. The molecule has 6 N–H and O–H groups in total. The van der Waals surface area contributed by atoms with E-state index in [0.717, 1.165) is 12.8 Å². The number of nitrogens with one attached hydrogen (secondary N) is 2. The highest BCUT2D eigenvalue weighted by Crippen LogP contribution is 2.32. The molecule has 3 heterocycles. The number of imidazole rings is 1. The van der Waals surface area contributed by atoms with Crippen LogP contribution in [0, 0.1) is 0 Å². The summed E-state index contributed by atoms with van der Waals surface area (Å²) in [6.45, 7) is 3.80. The first-order chi connectivity index (χ1) is 19.3. The molecular formula is C26H36N8O6. The van der Waals surface area contributed by atoms with Crippen LogP contribution in [0.3, 0.4) is 0 Å². The average molecular weight is 557 g/mol. The van der Waals surface area contributed by atoms with Gasteiger partial charge in [0.25, 0.3) is 0 Å². The van der Waals surface area contributed by atoms with Crippen LogP contribution in [0.2, 0.25) is 0 Å². The van der Waals surface area contributed by atoms with Gasteiger partial charge in [0.2, 0.25) is 0 Å². The molecule has 3 aromatic rings. The third kappa shape index (κ3) is 7.01. The Kier molecular flexibility index (Phi) is 9.82. The molecule has 1 fully saturated rings. The van der Waals surface area contributed by atoms with Crippen LogP contribution in [0.4, 0.5) is 16.3 Å². The largest absolute Gasteiger partial charge is 0.462 e. The number of hydrogen-bond acceptors (Lipinski definition) is 11. The topological polar surface area (TPSA) is 190 Å². The number of unbranched alkanes of at least 4 members (excludes halogenated alkanes) is 1. The van der Waals surface area contributed by atoms with Gasteiger partial charge in [-0.05, 0) is 50.7 Å². The Morgan fingerprint density at radius 3 is 2.67 bits per heavy atom. The predicted octanol–water partition coefficient (Wildman–Crippen LogP) is 1.13. The molecular weight excluding hydrogens is 520 g/mol. The molecule has 1 saturated heterocycles. The van der Waals surface area contributed by atoms with Crippen LogP contribution in [0.1, 0.15) is 42.8 Å². The van der Waals surface area contributed by atoms with E-state index in [1.165, 1.54) is 17.2 Å². The molecule has 2 amide bonds. The van der Waals surface area contributed by atoms with Crippen molar-refractivity contribution in [1.82, 2.24) is 29.7 Å². The summed E-state index contributed by atoms with van der Waals surface area (Å²) in [5.41, 5.74) is 7.62. The summed E-state index contributed by atoms with van der Waals surface area (Å²) in [5.74, 6) is -0.169. The van der Waals surface area contributed by atoms with E-state index in [9.17, 15) is 19.8 Å². The number of esters is 1. The standard InChI is InChI=1S/C26H36N8O6/c1-3-4-12-39-25(37)16-6-8-17(9-7-16)32-26(38)28-10-5-11-33(2)13-18-20(35)21(36)24(40-18)34-15-31-19-22(27)29-14-30-23(19)34/h6-9,14-15,18,20-21,24,35-36H,3-5,10-13H2,1-2H3,(H2,27,29,30)(H2,28,32,38)/t18?,20-,21-,24-/m1/s1. The zero-order valence-corrected chi connectivity index (χ0v) is 22.6. The Labute approximate surface area is 231 Å². The molecule has 0 spiro atoms. The molecule has 4 rings (SSSR count). The molecule has 4 atom stereocenters. The fraction of sp³-hybridized carbons (Fsp3) is 0.500. The number of nitrogen functional groups attached to an aromatic ring is 1. The first-order valence-corrected chi connectivity index (χ1v) is 13.2. The first-order valence-electron chi connectivity index (χ1n) is 13.2. The molecule has 0 aliphatic carbocycles. The molecule has 0 bridgehead atoms. The fourth-order valence-electron chi connectivity index (χ4n) is 4.37. The van der Waals surface area contributed by atoms with Crippen molar-refractivity contribution in [2.24, 2.45) is 0 Å². The van der Waals surface area contributed by atoms with Gasteiger partial charge in [-0.25, -0.2) is 24.5 Å². The molecule has 1 aliphatic rings. The van der Waals surface area contributed by atoms with Gasteiger partial charge in [0.1, 0.15) is 30.2 Å². The second-order valence-corrected chi connectivity index (χ2v) is 9.69. The number of aliphatic hydroxyl groups is 2. The summed E-state index contributed by atoms with van der Waals surface area (Å²) in [5, 5.41) is 26.8. The number of benzene rings is 1. The van der Waals surface area contributed by atoms with Gasteiger partial charge in [-0.2, -0.15) is 0 Å². The minimum atomic E-state index is -1.18. The lowest BCUT2D eigenvalue weighted by Crippen LogP contribution is -2.39. The monoisotopic (exact) mass is 556 g/mol. The Morgan fingerprint density at radius 2 is 1.93 bits per heavy atom. The van der Waals surface area contributed by atoms with Crippen molar-refractivity contribution in [3.05, 3.63) is 42.5 Å². The lowest BCUT2D eigenvalue weighted by atomic mass is 10.1.